The molecule has 9 nitrogen and oxygen atoms in total. The molecule has 6 bridgehead atoms. The Morgan fingerprint density at radius 3 is 2.46 bits per heavy atom. The van der Waals surface area contributed by atoms with Gasteiger partial charge in [-0.2, -0.15) is 0 Å². The molecule has 4 aliphatic carbocycles. The number of fused-ring (bicyclic) bond motifs is 5. The highest BCUT2D eigenvalue weighted by Crippen LogP contribution is 2.69. The second-order valence-electron chi connectivity index (χ2n) is 16.7. The summed E-state index contributed by atoms with van der Waals surface area (Å²) in [4.78, 5) is 54.2. The number of carboxylic acid groups (broad SMARTS) is 1. The Morgan fingerprint density at radius 1 is 1.15 bits per heavy atom. The molecule has 3 heterocycles. The van der Waals surface area contributed by atoms with Crippen LogP contribution in [0.2, 0.25) is 0 Å². The maximum absolute atomic E-state index is 15.0. The number of allylic oxidation sites excluding steroid dienone is 1. The van der Waals surface area contributed by atoms with Crippen LogP contribution in [0, 0.1) is 23.7 Å². The molecule has 10 heteroatoms. The Hall–Kier alpha value is -3.17. The number of rotatable bonds is 7. The summed E-state index contributed by atoms with van der Waals surface area (Å²) in [6, 6.07) is 0. The molecule has 7 atom stereocenters. The average molecular weight is 681 g/mol. The first-order chi connectivity index (χ1) is 22.2. The molecule has 1 unspecified atom stereocenters. The third kappa shape index (κ3) is 4.31. The zero-order valence-corrected chi connectivity index (χ0v) is 29.7. The van der Waals surface area contributed by atoms with Crippen molar-refractivity contribution in [2.75, 3.05) is 0 Å². The van der Waals surface area contributed by atoms with Crippen molar-refractivity contribution in [2.45, 2.75) is 127 Å². The van der Waals surface area contributed by atoms with Gasteiger partial charge >= 0.3 is 5.97 Å². The lowest BCUT2D eigenvalue weighted by molar-refractivity contribution is -0.171. The normalized spacial score (nSPS) is 35.8. The highest BCUT2D eigenvalue weighted by atomic mass is 35.5. The van der Waals surface area contributed by atoms with E-state index >= 15 is 4.79 Å². The molecular weight excluding hydrogens is 636 g/mol. The molecule has 1 spiro atoms. The maximum Gasteiger partial charge on any atom is 0.330 e. The number of phenolic OH excluding ortho intramolecular Hbond substituents is 1. The van der Waals surface area contributed by atoms with Crippen molar-refractivity contribution in [1.29, 1.82) is 0 Å². The Labute approximate surface area is 286 Å². The minimum Gasteiger partial charge on any atom is -0.507 e. The van der Waals surface area contributed by atoms with Crippen LogP contribution in [0.5, 0.6) is 17.2 Å². The van der Waals surface area contributed by atoms with Gasteiger partial charge in [0.05, 0.1) is 5.60 Å². The van der Waals surface area contributed by atoms with E-state index in [1.165, 1.54) is 13.0 Å². The van der Waals surface area contributed by atoms with Crippen molar-refractivity contribution >= 4 is 34.9 Å². The number of hydrogen-bond donors (Lipinski definition) is 2. The number of halogens is 1. The number of alkyl halides is 1. The van der Waals surface area contributed by atoms with Gasteiger partial charge in [-0.15, -0.1) is 11.6 Å². The SMILES string of the molecule is C/C(=C/C[C@@]12OC(C)(C)[C@@H]3C[C@@H](C=C4C(=O)c5c(O)c6c(c(CCC(C)(C)Cl)c5O[C@]431)O[C@]1(C)CC(=O)C(C(C)C)[C@@H]6C1)C2=O)C(=O)O. The standard InChI is InChI=1S/C38H45ClO9/c1-17(2)25-21-15-36(8,16-23(25)40)46-30-20(10-11-34(4,5)39)31-27(29(42)26(21)30)28(41)22-13-19-14-24-35(6,7)48-37(32(19)43,38(22,24)47-31)12-9-18(3)33(44)45/h9,13,17,19,21,24-25,42H,10-12,14-16H2,1-8H3,(H,44,45)/b18-9-/t19-,21+,24+,25?,36+,37+,38-/m1/s1. The van der Waals surface area contributed by atoms with Gasteiger partial charge in [-0.3, -0.25) is 14.4 Å². The smallest absolute Gasteiger partial charge is 0.330 e. The fourth-order valence-corrected chi connectivity index (χ4v) is 10.1. The number of aromatic hydroxyl groups is 1. The molecule has 3 aliphatic heterocycles. The fraction of sp³-hybridized carbons (Fsp3) is 0.632. The van der Waals surface area contributed by atoms with Gasteiger partial charge in [0, 0.05) is 63.7 Å². The molecule has 2 saturated carbocycles. The van der Waals surface area contributed by atoms with Crippen molar-refractivity contribution < 1.29 is 43.6 Å². The highest BCUT2D eigenvalue weighted by molar-refractivity contribution is 6.23. The van der Waals surface area contributed by atoms with Crippen LogP contribution >= 0.6 is 11.6 Å². The summed E-state index contributed by atoms with van der Waals surface area (Å²) in [5.41, 5.74) is -3.64. The molecule has 48 heavy (non-hydrogen) atoms. The van der Waals surface area contributed by atoms with E-state index in [-0.39, 0.29) is 70.4 Å². The Balaban J connectivity index is 1.51. The van der Waals surface area contributed by atoms with Gasteiger partial charge in [0.15, 0.2) is 22.8 Å². The molecule has 0 aromatic heterocycles. The van der Waals surface area contributed by atoms with Gasteiger partial charge in [0.25, 0.3) is 0 Å². The van der Waals surface area contributed by atoms with Gasteiger partial charge < -0.3 is 24.4 Å². The zero-order valence-electron chi connectivity index (χ0n) is 28.9. The van der Waals surface area contributed by atoms with Crippen LogP contribution in [0.25, 0.3) is 0 Å². The van der Waals surface area contributed by atoms with Crippen molar-refractivity contribution in [3.05, 3.63) is 40.0 Å². The summed E-state index contributed by atoms with van der Waals surface area (Å²) in [5.74, 6) is -3.25. The molecule has 2 N–H and O–H groups in total. The summed E-state index contributed by atoms with van der Waals surface area (Å²) >= 11 is 6.75. The summed E-state index contributed by atoms with van der Waals surface area (Å²) in [5, 5.41) is 21.9. The first-order valence-corrected chi connectivity index (χ1v) is 17.5. The summed E-state index contributed by atoms with van der Waals surface area (Å²) in [6.07, 6.45) is 5.00. The molecule has 8 rings (SSSR count). The molecule has 1 aromatic carbocycles. The monoisotopic (exact) mass is 680 g/mol. The van der Waals surface area contributed by atoms with E-state index in [0.717, 1.165) is 0 Å². The summed E-state index contributed by atoms with van der Waals surface area (Å²) in [7, 11) is 0. The van der Waals surface area contributed by atoms with Gasteiger partial charge in [0.2, 0.25) is 0 Å². The second-order valence-corrected chi connectivity index (χ2v) is 17.7. The number of hydrogen-bond acceptors (Lipinski definition) is 8. The molecule has 1 saturated heterocycles. The lowest BCUT2D eigenvalue weighted by atomic mass is 9.51. The summed E-state index contributed by atoms with van der Waals surface area (Å²) < 4.78 is 20.7. The second kappa shape index (κ2) is 10.2. The predicted molar refractivity (Wildman–Crippen MR) is 177 cm³/mol. The minimum atomic E-state index is -1.68. The lowest BCUT2D eigenvalue weighted by Gasteiger charge is -2.56. The lowest BCUT2D eigenvalue weighted by Crippen LogP contribution is -2.72. The van der Waals surface area contributed by atoms with Crippen molar-refractivity contribution in [1.82, 2.24) is 0 Å². The van der Waals surface area contributed by atoms with Crippen molar-refractivity contribution in [3.8, 4) is 17.2 Å². The molecule has 1 aromatic rings. The summed E-state index contributed by atoms with van der Waals surface area (Å²) in [6.45, 7) is 14.9. The number of carboxylic acids is 1. The van der Waals surface area contributed by atoms with E-state index in [9.17, 15) is 24.6 Å². The largest absolute Gasteiger partial charge is 0.507 e. The van der Waals surface area contributed by atoms with E-state index in [4.69, 9.17) is 25.8 Å². The molecule has 7 aliphatic rings. The number of aliphatic carboxylic acids is 1. The van der Waals surface area contributed by atoms with Crippen LogP contribution in [0.3, 0.4) is 0 Å². The quantitative estimate of drug-likeness (QED) is 0.240. The molecule has 0 amide bonds. The number of ether oxygens (including phenoxy) is 3. The third-order valence-electron chi connectivity index (χ3n) is 12.1. The first kappa shape index (κ1) is 33.3. The molecular formula is C38H45ClO9. The van der Waals surface area contributed by atoms with Crippen LogP contribution in [0.1, 0.15) is 115 Å². The molecule has 3 fully saturated rings. The van der Waals surface area contributed by atoms with Gasteiger partial charge in [0.1, 0.15) is 34.2 Å². The van der Waals surface area contributed by atoms with E-state index in [2.05, 4.69) is 0 Å². The van der Waals surface area contributed by atoms with E-state index in [1.54, 1.807) is 6.08 Å². The Bertz CT molecular complexity index is 1760. The van der Waals surface area contributed by atoms with Crippen LogP contribution in [-0.4, -0.2) is 60.8 Å². The number of benzene rings is 1. The fourth-order valence-electron chi connectivity index (χ4n) is 10.0. The van der Waals surface area contributed by atoms with Crippen LogP contribution in [0.15, 0.2) is 23.3 Å². The number of phenols is 1. The van der Waals surface area contributed by atoms with Crippen molar-refractivity contribution in [3.63, 3.8) is 0 Å². The average Bonchev–Trinajstić information content (AvgIpc) is 3.11. The van der Waals surface area contributed by atoms with E-state index < -0.39 is 50.9 Å². The van der Waals surface area contributed by atoms with E-state index in [0.29, 0.717) is 42.6 Å². The first-order valence-electron chi connectivity index (χ1n) is 17.1. The number of carbonyl (C=O) groups excluding carboxylic acids is 3. The van der Waals surface area contributed by atoms with Gasteiger partial charge in [-0.1, -0.05) is 26.0 Å². The van der Waals surface area contributed by atoms with Crippen LogP contribution in [-0.2, 0) is 25.5 Å². The predicted octanol–water partition coefficient (Wildman–Crippen LogP) is 6.64. The van der Waals surface area contributed by atoms with Gasteiger partial charge in [-0.05, 0) is 73.1 Å². The van der Waals surface area contributed by atoms with E-state index in [1.807, 2.05) is 48.5 Å². The van der Waals surface area contributed by atoms with Gasteiger partial charge in [-0.25, -0.2) is 4.79 Å². The topological polar surface area (TPSA) is 136 Å². The number of Topliss-reactive ketones (excluding diaryl/α,β-unsaturated/α-hetero) is 3. The van der Waals surface area contributed by atoms with Crippen molar-refractivity contribution in [2.24, 2.45) is 23.7 Å². The minimum absolute atomic E-state index is 0.00495. The molecule has 258 valence electrons. The molecule has 0 radical (unpaired) electrons. The Kier molecular flexibility index (Phi) is 7.08. The number of ketones is 3. The maximum atomic E-state index is 15.0. The third-order valence-corrected chi connectivity index (χ3v) is 12.2. The van der Waals surface area contributed by atoms with Crippen LogP contribution < -0.4 is 9.47 Å². The number of carbonyl (C=O) groups is 4. The Morgan fingerprint density at radius 2 is 1.83 bits per heavy atom. The zero-order chi connectivity index (χ0) is 35.1. The van der Waals surface area contributed by atoms with Crippen LogP contribution in [0.4, 0.5) is 0 Å². The highest BCUT2D eigenvalue weighted by Gasteiger charge is 2.81.